The predicted octanol–water partition coefficient (Wildman–Crippen LogP) is 7.32. The van der Waals surface area contributed by atoms with Crippen molar-refractivity contribution < 1.29 is 49.1 Å². The zero-order chi connectivity index (χ0) is 45.7. The van der Waals surface area contributed by atoms with Crippen LogP contribution in [0.5, 0.6) is 0 Å². The highest BCUT2D eigenvalue weighted by molar-refractivity contribution is 7.92. The molecule has 0 radical (unpaired) electrons. The summed E-state index contributed by atoms with van der Waals surface area (Å²) in [6.07, 6.45) is -2.92. The van der Waals surface area contributed by atoms with Crippen molar-refractivity contribution in [2.75, 3.05) is 11.0 Å². The molecule has 1 fully saturated rings. The van der Waals surface area contributed by atoms with Gasteiger partial charge in [-0.25, -0.2) is 35.4 Å². The first kappa shape index (κ1) is 43.0. The van der Waals surface area contributed by atoms with Crippen LogP contribution in [0.3, 0.4) is 0 Å². The van der Waals surface area contributed by atoms with E-state index in [9.17, 15) is 40.3 Å². The summed E-state index contributed by atoms with van der Waals surface area (Å²) in [5.41, 5.74) is -2.15. The van der Waals surface area contributed by atoms with Crippen LogP contribution in [0.4, 0.5) is 36.6 Å². The smallest absolute Gasteiger partial charge is 0.293 e. The molecule has 2 aliphatic carbocycles. The minimum Gasteiger partial charge on any atom is -0.392 e. The third-order valence-electron chi connectivity index (χ3n) is 11.4. The Morgan fingerprint density at radius 2 is 1.73 bits per heavy atom. The van der Waals surface area contributed by atoms with Crippen LogP contribution in [0.2, 0.25) is 5.02 Å². The number of halogens is 8. The predicted molar refractivity (Wildman–Crippen MR) is 219 cm³/mol. The molecule has 3 heterocycles. The Bertz CT molecular complexity index is 3270. The highest BCUT2D eigenvalue weighted by atomic mass is 35.5. The van der Waals surface area contributed by atoms with Gasteiger partial charge in [0.1, 0.15) is 41.2 Å². The van der Waals surface area contributed by atoms with Crippen LogP contribution in [0.1, 0.15) is 58.7 Å². The number of anilines is 1. The largest absolute Gasteiger partial charge is 0.392 e. The lowest BCUT2D eigenvalue weighted by molar-refractivity contribution is -0.123. The Kier molecular flexibility index (Phi) is 10.4. The van der Waals surface area contributed by atoms with Gasteiger partial charge in [-0.15, -0.1) is 0 Å². The normalized spacial score (nSPS) is 16.9. The average molecular weight is 929 g/mol. The summed E-state index contributed by atoms with van der Waals surface area (Å²) in [6, 6.07) is 11.5. The van der Waals surface area contributed by atoms with Gasteiger partial charge >= 0.3 is 0 Å². The fourth-order valence-corrected chi connectivity index (χ4v) is 9.44. The molecule has 0 aliphatic heterocycles. The van der Waals surface area contributed by atoms with Gasteiger partial charge in [-0.3, -0.25) is 28.2 Å². The molecule has 332 valence electrons. The van der Waals surface area contributed by atoms with Crippen LogP contribution in [0.25, 0.3) is 38.6 Å². The van der Waals surface area contributed by atoms with E-state index in [0.717, 1.165) is 35.1 Å². The minimum atomic E-state index is -3.95. The molecule has 9 rings (SSSR count). The van der Waals surface area contributed by atoms with Crippen molar-refractivity contribution in [2.45, 2.75) is 50.3 Å². The molecule has 1 saturated carbocycles. The van der Waals surface area contributed by atoms with Crippen molar-refractivity contribution in [2.24, 2.45) is 13.0 Å². The molecule has 1 amide bonds. The van der Waals surface area contributed by atoms with E-state index in [2.05, 4.69) is 20.2 Å². The number of nitrogens with one attached hydrogen (secondary N) is 2. The molecule has 64 heavy (non-hydrogen) atoms. The van der Waals surface area contributed by atoms with Gasteiger partial charge in [-0.2, -0.15) is 19.0 Å². The molecule has 13 nitrogen and oxygen atoms in total. The van der Waals surface area contributed by atoms with E-state index in [0.29, 0.717) is 16.3 Å². The Balaban J connectivity index is 1.27. The van der Waals surface area contributed by atoms with Crippen molar-refractivity contribution >= 4 is 55.2 Å². The maximum atomic E-state index is 15.5. The molecule has 2 aliphatic rings. The van der Waals surface area contributed by atoms with E-state index >= 15 is 13.6 Å². The first-order valence-corrected chi connectivity index (χ1v) is 21.6. The third kappa shape index (κ3) is 7.43. The molecule has 1 unspecified atom stereocenters. The van der Waals surface area contributed by atoms with Crippen molar-refractivity contribution in [1.82, 2.24) is 34.4 Å². The second-order valence-electron chi connectivity index (χ2n) is 15.7. The number of hydrogen-bond acceptors (Lipinski definition) is 8. The number of alkyl halides is 4. The minimum absolute atomic E-state index is 0.00906. The number of aliphatic hydroxyl groups excluding tert-OH is 1. The summed E-state index contributed by atoms with van der Waals surface area (Å²) in [5, 5.41) is 20.6. The molecular weight excluding hydrogens is 897 g/mol. The highest BCUT2D eigenvalue weighted by Crippen LogP contribution is 2.68. The first-order valence-electron chi connectivity index (χ1n) is 19.3. The summed E-state index contributed by atoms with van der Waals surface area (Å²) >= 11 is 6.62. The number of carbonyl (C=O) groups excluding carboxylic acids is 1. The van der Waals surface area contributed by atoms with Gasteiger partial charge in [-0.05, 0) is 83.1 Å². The van der Waals surface area contributed by atoms with Crippen molar-refractivity contribution in [3.63, 3.8) is 0 Å². The summed E-state index contributed by atoms with van der Waals surface area (Å²) in [5.74, 6) is -10.0. The van der Waals surface area contributed by atoms with Crippen LogP contribution in [-0.2, 0) is 47.4 Å². The fourth-order valence-electron chi connectivity index (χ4n) is 8.70. The molecular formula is C42H32ClF7N8O5S. The van der Waals surface area contributed by atoms with Gasteiger partial charge in [0.25, 0.3) is 17.9 Å². The molecule has 0 spiro atoms. The Morgan fingerprint density at radius 1 is 1.00 bits per heavy atom. The highest BCUT2D eigenvalue weighted by Gasteiger charge is 2.67. The number of rotatable bonds is 12. The lowest BCUT2D eigenvalue weighted by atomic mass is 9.98. The van der Waals surface area contributed by atoms with E-state index in [-0.39, 0.29) is 72.8 Å². The number of nitrogens with zero attached hydrogens (tertiary/aromatic N) is 6. The topological polar surface area (TPSA) is 166 Å². The van der Waals surface area contributed by atoms with Crippen molar-refractivity contribution in [3.8, 4) is 16.8 Å². The second-order valence-corrected chi connectivity index (χ2v) is 17.9. The zero-order valence-corrected chi connectivity index (χ0v) is 34.8. The number of amides is 1. The third-order valence-corrected chi connectivity index (χ3v) is 12.2. The summed E-state index contributed by atoms with van der Waals surface area (Å²) in [7, 11) is -2.53. The van der Waals surface area contributed by atoms with Crippen LogP contribution in [-0.4, -0.2) is 54.8 Å². The van der Waals surface area contributed by atoms with Gasteiger partial charge in [0, 0.05) is 31.0 Å². The van der Waals surface area contributed by atoms with Crippen LogP contribution < -0.4 is 15.6 Å². The maximum absolute atomic E-state index is 15.5. The zero-order valence-electron chi connectivity index (χ0n) is 33.2. The number of aliphatic hydroxyl groups is 1. The molecule has 0 saturated heterocycles. The average Bonchev–Trinajstić information content (AvgIpc) is 3.75. The van der Waals surface area contributed by atoms with Gasteiger partial charge in [0.2, 0.25) is 15.9 Å². The number of aryl methyl sites for hydroxylation is 1. The van der Waals surface area contributed by atoms with Crippen LogP contribution in [0, 0.1) is 23.4 Å². The van der Waals surface area contributed by atoms with Crippen molar-refractivity contribution in [3.05, 3.63) is 133 Å². The van der Waals surface area contributed by atoms with E-state index in [1.807, 2.05) is 0 Å². The molecule has 4 aromatic carbocycles. The Hall–Kier alpha value is -6.32. The lowest BCUT2D eigenvalue weighted by Crippen LogP contribution is -2.38. The Labute approximate surface area is 362 Å². The molecule has 7 aromatic rings. The number of carbonyl (C=O) groups is 1. The SMILES string of the molecule is Cn1nc(NS(C)(=O)=O)c2c(Cl)ccc(-n3c([C@H](Cc4cc(F)cc(F)c4)NC(=O)Cn4nc(C(F)F)c5c4C(F)(F)C4C[C@@H]54)nc4cc(-c5cc(F)ccc5CO)ccc4c3=O)c21. The van der Waals surface area contributed by atoms with Gasteiger partial charge < -0.3 is 10.4 Å². The van der Waals surface area contributed by atoms with Gasteiger partial charge in [-0.1, -0.05) is 23.7 Å². The van der Waals surface area contributed by atoms with E-state index < -0.39 is 100 Å². The number of hydrogen-bond donors (Lipinski definition) is 3. The number of aromatic nitrogens is 6. The maximum Gasteiger partial charge on any atom is 0.293 e. The summed E-state index contributed by atoms with van der Waals surface area (Å²) < 4.78 is 133. The molecule has 3 N–H and O–H groups in total. The van der Waals surface area contributed by atoms with E-state index in [1.54, 1.807) is 0 Å². The summed E-state index contributed by atoms with van der Waals surface area (Å²) in [6.45, 7) is -1.53. The molecule has 22 heteroatoms. The first-order chi connectivity index (χ1) is 30.2. The monoisotopic (exact) mass is 928 g/mol. The van der Waals surface area contributed by atoms with Crippen LogP contribution in [0.15, 0.2) is 71.5 Å². The fraction of sp³-hybridized carbons (Fsp3) is 0.262. The van der Waals surface area contributed by atoms with E-state index in [1.165, 1.54) is 48.1 Å². The van der Waals surface area contributed by atoms with E-state index in [4.69, 9.17) is 16.6 Å². The van der Waals surface area contributed by atoms with Gasteiger partial charge in [0.15, 0.2) is 5.82 Å². The standard InChI is InChI=1S/C42H32ClF7N8O5S/c1-56-36-31(8-7-28(43)34(36)39(54-56)55-64(2,62)63)58-40(52-29-12-19(4-6-24(29)41(58)61)25-14-21(44)5-3-20(25)17-59)30(11-18-9-22(45)13-23(46)10-18)51-32(60)16-57-37-33(35(53-57)38(47)48)26-15-27(26)42(37,49)50/h3-10,12-14,26-27,30,38,59H,11,15-17H2,1-2H3,(H,51,60)(H,54,55)/t26-,27?,30+/m1/s1. The molecule has 3 aromatic heterocycles. The number of sulfonamides is 1. The second kappa shape index (κ2) is 15.4. The number of fused-ring (bicyclic) bond motifs is 5. The van der Waals surface area contributed by atoms with Gasteiger partial charge in [0.05, 0.1) is 51.4 Å². The summed E-state index contributed by atoms with van der Waals surface area (Å²) in [4.78, 5) is 34.0. The Morgan fingerprint density at radius 3 is 2.42 bits per heavy atom. The quantitative estimate of drug-likeness (QED) is 0.107. The molecule has 0 bridgehead atoms. The lowest BCUT2D eigenvalue weighted by Gasteiger charge is -2.24. The van der Waals surface area contributed by atoms with Crippen LogP contribution >= 0.6 is 11.6 Å². The van der Waals surface area contributed by atoms with Crippen molar-refractivity contribution in [1.29, 1.82) is 0 Å². The number of benzene rings is 4. The molecule has 3 atom stereocenters.